The van der Waals surface area contributed by atoms with E-state index >= 15 is 0 Å². The van der Waals surface area contributed by atoms with E-state index in [9.17, 15) is 4.79 Å². The summed E-state index contributed by atoms with van der Waals surface area (Å²) in [7, 11) is 0. The van der Waals surface area contributed by atoms with Crippen LogP contribution in [0.1, 0.15) is 49.2 Å². The highest BCUT2D eigenvalue weighted by atomic mass is 16.7. The van der Waals surface area contributed by atoms with Crippen molar-refractivity contribution in [1.82, 2.24) is 5.43 Å². The molecule has 0 aliphatic carbocycles. The zero-order chi connectivity index (χ0) is 18.0. The molecule has 0 saturated carbocycles. The van der Waals surface area contributed by atoms with Gasteiger partial charge in [-0.2, -0.15) is 5.10 Å². The molecular formula is C20H22N2O3. The zero-order valence-corrected chi connectivity index (χ0v) is 14.9. The normalized spacial score (nSPS) is 13.7. The number of hydrazone groups is 1. The smallest absolute Gasteiger partial charge is 0.271 e. The Morgan fingerprint density at radius 3 is 2.32 bits per heavy atom. The predicted molar refractivity (Wildman–Crippen MR) is 97.4 cm³/mol. The van der Waals surface area contributed by atoms with Crippen molar-refractivity contribution in [2.45, 2.75) is 33.1 Å². The van der Waals surface area contributed by atoms with Crippen molar-refractivity contribution < 1.29 is 14.3 Å². The number of fused-ring (bicyclic) bond motifs is 1. The third-order valence-electron chi connectivity index (χ3n) is 4.13. The van der Waals surface area contributed by atoms with E-state index in [2.05, 4.69) is 31.3 Å². The minimum absolute atomic E-state index is 0.0586. The lowest BCUT2D eigenvalue weighted by molar-refractivity contribution is 0.0954. The molecule has 0 fully saturated rings. The van der Waals surface area contributed by atoms with Gasteiger partial charge >= 0.3 is 0 Å². The van der Waals surface area contributed by atoms with Gasteiger partial charge in [0, 0.05) is 11.1 Å². The van der Waals surface area contributed by atoms with Crippen LogP contribution in [0.5, 0.6) is 11.5 Å². The lowest BCUT2D eigenvalue weighted by atomic mass is 9.87. The van der Waals surface area contributed by atoms with Crippen LogP contribution in [0, 0.1) is 0 Å². The van der Waals surface area contributed by atoms with Crippen LogP contribution in [0.4, 0.5) is 0 Å². The molecule has 0 bridgehead atoms. The Labute approximate surface area is 147 Å². The molecule has 0 aromatic heterocycles. The first-order valence-electron chi connectivity index (χ1n) is 8.20. The van der Waals surface area contributed by atoms with Crippen LogP contribution in [0.2, 0.25) is 0 Å². The number of rotatable bonds is 3. The van der Waals surface area contributed by atoms with Crippen molar-refractivity contribution in [2.75, 3.05) is 6.79 Å². The average Bonchev–Trinajstić information content (AvgIpc) is 3.06. The molecule has 0 radical (unpaired) electrons. The fraction of sp³-hybridized carbons (Fsp3) is 0.300. The molecule has 130 valence electrons. The molecule has 3 rings (SSSR count). The van der Waals surface area contributed by atoms with E-state index in [-0.39, 0.29) is 18.1 Å². The van der Waals surface area contributed by atoms with Crippen LogP contribution in [0.15, 0.2) is 47.6 Å². The standard InChI is InChI=1S/C20H22N2O3/c1-13(15-7-10-17-18(11-15)25-12-24-17)21-22-19(23)14-5-8-16(9-6-14)20(2,3)4/h5-11H,12H2,1-4H3,(H,22,23). The maximum absolute atomic E-state index is 12.3. The number of hydrogen-bond acceptors (Lipinski definition) is 4. The Hall–Kier alpha value is -2.82. The Bertz CT molecular complexity index is 818. The first-order chi connectivity index (χ1) is 11.8. The number of amides is 1. The lowest BCUT2D eigenvalue weighted by Gasteiger charge is -2.18. The summed E-state index contributed by atoms with van der Waals surface area (Å²) in [6.07, 6.45) is 0. The topological polar surface area (TPSA) is 59.9 Å². The number of carbonyl (C=O) groups excluding carboxylic acids is 1. The van der Waals surface area contributed by atoms with Crippen LogP contribution < -0.4 is 14.9 Å². The molecule has 5 nitrogen and oxygen atoms in total. The Balaban J connectivity index is 1.69. The van der Waals surface area contributed by atoms with E-state index < -0.39 is 0 Å². The van der Waals surface area contributed by atoms with Gasteiger partial charge in [0.05, 0.1) is 5.71 Å². The molecule has 0 atom stereocenters. The van der Waals surface area contributed by atoms with E-state index in [1.807, 2.05) is 49.4 Å². The van der Waals surface area contributed by atoms with Crippen LogP contribution in [0.3, 0.4) is 0 Å². The van der Waals surface area contributed by atoms with Crippen LogP contribution in [0.25, 0.3) is 0 Å². The first kappa shape index (κ1) is 17.0. The van der Waals surface area contributed by atoms with Crippen molar-refractivity contribution in [3.8, 4) is 11.5 Å². The number of benzene rings is 2. The number of nitrogens with zero attached hydrogens (tertiary/aromatic N) is 1. The highest BCUT2D eigenvalue weighted by molar-refractivity contribution is 6.01. The first-order valence-corrected chi connectivity index (χ1v) is 8.20. The van der Waals surface area contributed by atoms with Gasteiger partial charge in [0.2, 0.25) is 6.79 Å². The van der Waals surface area contributed by atoms with Crippen molar-refractivity contribution in [3.05, 3.63) is 59.2 Å². The van der Waals surface area contributed by atoms with Gasteiger partial charge in [0.15, 0.2) is 11.5 Å². The number of carbonyl (C=O) groups is 1. The van der Waals surface area contributed by atoms with Crippen molar-refractivity contribution in [2.24, 2.45) is 5.10 Å². The Kier molecular flexibility index (Phi) is 4.49. The second kappa shape index (κ2) is 6.59. The molecule has 25 heavy (non-hydrogen) atoms. The minimum atomic E-state index is -0.236. The van der Waals surface area contributed by atoms with Gasteiger partial charge in [-0.3, -0.25) is 4.79 Å². The highest BCUT2D eigenvalue weighted by Crippen LogP contribution is 2.32. The van der Waals surface area contributed by atoms with Gasteiger partial charge in [0.25, 0.3) is 5.91 Å². The monoisotopic (exact) mass is 338 g/mol. The fourth-order valence-electron chi connectivity index (χ4n) is 2.51. The summed E-state index contributed by atoms with van der Waals surface area (Å²) in [4.78, 5) is 12.3. The Morgan fingerprint density at radius 2 is 1.64 bits per heavy atom. The predicted octanol–water partition coefficient (Wildman–Crippen LogP) is 3.87. The molecule has 0 saturated heterocycles. The molecule has 1 heterocycles. The van der Waals surface area contributed by atoms with Gasteiger partial charge < -0.3 is 9.47 Å². The molecular weight excluding hydrogens is 316 g/mol. The van der Waals surface area contributed by atoms with Gasteiger partial charge in [-0.15, -0.1) is 0 Å². The fourth-order valence-corrected chi connectivity index (χ4v) is 2.51. The summed E-state index contributed by atoms with van der Waals surface area (Å²) in [5.41, 5.74) is 5.98. The highest BCUT2D eigenvalue weighted by Gasteiger charge is 2.15. The van der Waals surface area contributed by atoms with Gasteiger partial charge in [-0.25, -0.2) is 5.43 Å². The third kappa shape index (κ3) is 3.82. The van der Waals surface area contributed by atoms with Gasteiger partial charge in [-0.05, 0) is 48.2 Å². The number of nitrogens with one attached hydrogen (secondary N) is 1. The maximum atomic E-state index is 12.3. The molecule has 1 N–H and O–H groups in total. The second-order valence-corrected chi connectivity index (χ2v) is 7.03. The van der Waals surface area contributed by atoms with Crippen LogP contribution in [-0.4, -0.2) is 18.4 Å². The summed E-state index contributed by atoms with van der Waals surface area (Å²) in [6, 6.07) is 13.2. The molecule has 0 unspecified atom stereocenters. The van der Waals surface area contributed by atoms with Gasteiger partial charge in [0.1, 0.15) is 0 Å². The molecule has 1 aliphatic heterocycles. The second-order valence-electron chi connectivity index (χ2n) is 7.03. The van der Waals surface area contributed by atoms with Crippen LogP contribution in [-0.2, 0) is 5.41 Å². The maximum Gasteiger partial charge on any atom is 0.271 e. The van der Waals surface area contributed by atoms with E-state index in [1.165, 1.54) is 5.56 Å². The third-order valence-corrected chi connectivity index (χ3v) is 4.13. The number of ether oxygens (including phenoxy) is 2. The van der Waals surface area contributed by atoms with E-state index in [0.29, 0.717) is 17.0 Å². The summed E-state index contributed by atoms with van der Waals surface area (Å²) >= 11 is 0. The lowest BCUT2D eigenvalue weighted by Crippen LogP contribution is -2.20. The molecule has 1 amide bonds. The summed E-state index contributed by atoms with van der Waals surface area (Å²) < 4.78 is 10.6. The zero-order valence-electron chi connectivity index (χ0n) is 14.9. The molecule has 2 aromatic rings. The van der Waals surface area contributed by atoms with Crippen molar-refractivity contribution in [1.29, 1.82) is 0 Å². The van der Waals surface area contributed by atoms with Crippen molar-refractivity contribution in [3.63, 3.8) is 0 Å². The molecule has 1 aliphatic rings. The van der Waals surface area contributed by atoms with E-state index in [4.69, 9.17) is 9.47 Å². The summed E-state index contributed by atoms with van der Waals surface area (Å²) in [6.45, 7) is 8.49. The minimum Gasteiger partial charge on any atom is -0.454 e. The number of hydrogen-bond donors (Lipinski definition) is 1. The molecule has 0 spiro atoms. The van der Waals surface area contributed by atoms with E-state index in [1.54, 1.807) is 0 Å². The van der Waals surface area contributed by atoms with E-state index in [0.717, 1.165) is 11.3 Å². The quantitative estimate of drug-likeness (QED) is 0.683. The average molecular weight is 338 g/mol. The van der Waals surface area contributed by atoms with Crippen LogP contribution >= 0.6 is 0 Å². The molecule has 2 aromatic carbocycles. The van der Waals surface area contributed by atoms with Crippen molar-refractivity contribution >= 4 is 11.6 Å². The largest absolute Gasteiger partial charge is 0.454 e. The Morgan fingerprint density at radius 1 is 1.00 bits per heavy atom. The summed E-state index contributed by atoms with van der Waals surface area (Å²) in [5, 5.41) is 4.19. The van der Waals surface area contributed by atoms with Gasteiger partial charge in [-0.1, -0.05) is 32.9 Å². The SMILES string of the molecule is CC(=NNC(=O)c1ccc(C(C)(C)C)cc1)c1ccc2c(c1)OCO2. The summed E-state index contributed by atoms with van der Waals surface area (Å²) in [5.74, 6) is 1.18. The molecule has 5 heteroatoms.